The Morgan fingerprint density at radius 3 is 1.00 bits per heavy atom. The molecule has 0 fully saturated rings. The monoisotopic (exact) mass is 752 g/mol. The number of phenols is 3. The summed E-state index contributed by atoms with van der Waals surface area (Å²) in [4.78, 5) is 0. The first-order valence-corrected chi connectivity index (χ1v) is 22.8. The van der Waals surface area contributed by atoms with Gasteiger partial charge in [0.25, 0.3) is 0 Å². The summed E-state index contributed by atoms with van der Waals surface area (Å²) in [5.74, 6) is 1.47. The van der Waals surface area contributed by atoms with E-state index in [1.807, 2.05) is 36.4 Å². The van der Waals surface area contributed by atoms with Gasteiger partial charge in [-0.15, -0.1) is 0 Å². The fourth-order valence-corrected chi connectivity index (χ4v) is 14.9. The van der Waals surface area contributed by atoms with E-state index in [1.54, 1.807) is 36.4 Å². The molecule has 0 heterocycles. The van der Waals surface area contributed by atoms with Crippen molar-refractivity contribution in [2.24, 2.45) is 0 Å². The van der Waals surface area contributed by atoms with Gasteiger partial charge < -0.3 is 10.2 Å². The molecule has 6 aromatic carbocycles. The summed E-state index contributed by atoms with van der Waals surface area (Å²) in [7, 11) is 0. The molecule has 0 bridgehead atoms. The van der Waals surface area contributed by atoms with Crippen LogP contribution in [0.2, 0.25) is 0 Å². The van der Waals surface area contributed by atoms with E-state index in [0.29, 0.717) is 0 Å². The van der Waals surface area contributed by atoms with Crippen molar-refractivity contribution in [3.8, 4) is 23.0 Å². The van der Waals surface area contributed by atoms with Crippen LogP contribution in [-0.4, -0.2) is 33.8 Å². The second kappa shape index (κ2) is 18.1. The van der Waals surface area contributed by atoms with Crippen LogP contribution >= 0.6 is 6.83 Å². The first-order valence-electron chi connectivity index (χ1n) is 20.1. The number of benzene rings is 6. The van der Waals surface area contributed by atoms with Gasteiger partial charge in [-0.25, -0.2) is 0 Å². The summed E-state index contributed by atoms with van der Waals surface area (Å²) < 4.78 is 7.65. The Morgan fingerprint density at radius 1 is 0.400 bits per heavy atom. The molecule has 55 heavy (non-hydrogen) atoms. The zero-order valence-electron chi connectivity index (χ0n) is 32.6. The summed E-state index contributed by atoms with van der Waals surface area (Å²) in [6, 6.07) is 51.0. The summed E-state index contributed by atoms with van der Waals surface area (Å²) in [6.07, 6.45) is 10.2. The molecule has 1 atom stereocenters. The van der Waals surface area contributed by atoms with Gasteiger partial charge in [-0.05, 0) is 24.3 Å². The molecule has 0 aliphatic heterocycles. The minimum atomic E-state index is -2.85. The molecule has 0 spiro atoms. The number of hydrogen-bond donors (Lipinski definition) is 3. The summed E-state index contributed by atoms with van der Waals surface area (Å²) >= 11 is 0. The minimum absolute atomic E-state index is 0.0749. The summed E-state index contributed by atoms with van der Waals surface area (Å²) in [6.45, 7) is 4.03. The molecule has 0 radical (unpaired) electrons. The molecule has 5 heteroatoms. The average Bonchev–Trinajstić information content (AvgIpc) is 3.22. The summed E-state index contributed by atoms with van der Waals surface area (Å²) in [5.41, 5.74) is 6.57. The standard InChI is InChI=1S/C50H57O4P/c1-4-7-35-55(36-8-5-2,37-9-6-3,48-13-11-10-12-14-48)54-47-33-25-43(26-34-47)50(42-23-31-46(53)32-24-42)39-17-15-38(16-18-39)49(40-19-27-44(51)28-20-40)41-21-29-45(52)30-22-41/h10-34,49-53H,4-9,35-37H2,1-3H3. The molecule has 0 aromatic heterocycles. The topological polar surface area (TPSA) is 69.9 Å². The Morgan fingerprint density at radius 2 is 0.691 bits per heavy atom. The van der Waals surface area contributed by atoms with Crippen molar-refractivity contribution in [2.45, 2.75) is 71.1 Å². The zero-order chi connectivity index (χ0) is 38.7. The van der Waals surface area contributed by atoms with E-state index in [0.717, 1.165) is 96.1 Å². The van der Waals surface area contributed by atoms with Gasteiger partial charge in [0.1, 0.15) is 11.5 Å². The van der Waals surface area contributed by atoms with Gasteiger partial charge in [-0.1, -0.05) is 24.3 Å². The van der Waals surface area contributed by atoms with Crippen molar-refractivity contribution >= 4 is 12.1 Å². The quantitative estimate of drug-likeness (QED) is 0.0604. The Kier molecular flexibility index (Phi) is 13.0. The van der Waals surface area contributed by atoms with Crippen molar-refractivity contribution in [3.63, 3.8) is 0 Å². The molecule has 3 N–H and O–H groups in total. The number of aromatic hydroxyl groups is 3. The van der Waals surface area contributed by atoms with Crippen molar-refractivity contribution in [2.75, 3.05) is 18.5 Å². The van der Waals surface area contributed by atoms with Gasteiger partial charge in [-0.3, -0.25) is 0 Å². The van der Waals surface area contributed by atoms with Gasteiger partial charge in [0.05, 0.1) is 0 Å². The molecule has 6 aromatic rings. The van der Waals surface area contributed by atoms with Crippen LogP contribution < -0.4 is 9.83 Å². The first kappa shape index (κ1) is 39.6. The van der Waals surface area contributed by atoms with Gasteiger partial charge in [0.2, 0.25) is 0 Å². The predicted octanol–water partition coefficient (Wildman–Crippen LogP) is 12.7. The van der Waals surface area contributed by atoms with Gasteiger partial charge in [0.15, 0.2) is 0 Å². The predicted molar refractivity (Wildman–Crippen MR) is 232 cm³/mol. The normalized spacial score (nSPS) is 12.9. The van der Waals surface area contributed by atoms with Crippen LogP contribution in [0, 0.1) is 0 Å². The second-order valence-electron chi connectivity index (χ2n) is 15.2. The molecule has 1 unspecified atom stereocenters. The third-order valence-electron chi connectivity index (χ3n) is 11.3. The number of phenolic OH excluding ortho intramolecular Hbond substituents is 3. The maximum absolute atomic E-state index is 10.2. The van der Waals surface area contributed by atoms with Crippen molar-refractivity contribution in [1.29, 1.82) is 0 Å². The van der Waals surface area contributed by atoms with Crippen LogP contribution in [0.15, 0.2) is 152 Å². The van der Waals surface area contributed by atoms with Crippen LogP contribution in [0.4, 0.5) is 0 Å². The van der Waals surface area contributed by atoms with Crippen LogP contribution in [0.25, 0.3) is 0 Å². The van der Waals surface area contributed by atoms with Gasteiger partial charge >= 0.3 is 259 Å². The molecule has 0 amide bonds. The molecule has 0 saturated heterocycles. The van der Waals surface area contributed by atoms with Crippen LogP contribution in [0.3, 0.4) is 0 Å². The molecule has 0 aliphatic carbocycles. The third kappa shape index (κ3) is 9.09. The molecule has 0 aliphatic rings. The third-order valence-corrected chi connectivity index (χ3v) is 17.7. The van der Waals surface area contributed by atoms with Crippen molar-refractivity contribution < 1.29 is 19.8 Å². The van der Waals surface area contributed by atoms with E-state index in [4.69, 9.17) is 4.52 Å². The SMILES string of the molecule is CCCCP(CCCC)(CCCC)(Oc1ccc(C(c2ccc(O)cc2)c2ccc(C(c3ccc(O)cc3)c3ccc(O)cc3)cc2)cc1)c1ccccc1. The van der Waals surface area contributed by atoms with E-state index < -0.39 is 6.83 Å². The van der Waals surface area contributed by atoms with Gasteiger partial charge in [-0.2, -0.15) is 0 Å². The molecular formula is C50H57O4P. The Hall–Kier alpha value is -5.05. The fraction of sp³-hybridized carbons (Fsp3) is 0.280. The number of rotatable bonds is 18. The van der Waals surface area contributed by atoms with Crippen molar-refractivity contribution in [3.05, 3.63) is 185 Å². The van der Waals surface area contributed by atoms with E-state index in [-0.39, 0.29) is 29.1 Å². The van der Waals surface area contributed by atoms with Crippen LogP contribution in [-0.2, 0) is 0 Å². The van der Waals surface area contributed by atoms with E-state index in [1.165, 1.54) is 5.30 Å². The average molecular weight is 753 g/mol. The number of unbranched alkanes of at least 4 members (excludes halogenated alkanes) is 3. The molecule has 4 nitrogen and oxygen atoms in total. The summed E-state index contributed by atoms with van der Waals surface area (Å²) in [5, 5.41) is 31.7. The molecule has 286 valence electrons. The van der Waals surface area contributed by atoms with E-state index >= 15 is 0 Å². The maximum atomic E-state index is 10.2. The Bertz CT molecular complexity index is 1990. The van der Waals surface area contributed by atoms with Crippen LogP contribution in [0.1, 0.15) is 105 Å². The number of hydrogen-bond acceptors (Lipinski definition) is 4. The van der Waals surface area contributed by atoms with Crippen molar-refractivity contribution in [1.82, 2.24) is 0 Å². The fourth-order valence-electron chi connectivity index (χ4n) is 8.33. The Balaban J connectivity index is 1.40. The van der Waals surface area contributed by atoms with Gasteiger partial charge in [0, 0.05) is 0 Å². The molecule has 0 saturated carbocycles. The second-order valence-corrected chi connectivity index (χ2v) is 20.4. The first-order chi connectivity index (χ1) is 26.8. The molecular weight excluding hydrogens is 696 g/mol. The zero-order valence-corrected chi connectivity index (χ0v) is 33.5. The van der Waals surface area contributed by atoms with Crippen LogP contribution in [0.5, 0.6) is 23.0 Å². The van der Waals surface area contributed by atoms with E-state index in [2.05, 4.69) is 99.6 Å². The van der Waals surface area contributed by atoms with E-state index in [9.17, 15) is 15.3 Å². The Labute approximate surface area is 328 Å². The molecule has 6 rings (SSSR count).